The molecular formula is C21H18Cl2. The predicted molar refractivity (Wildman–Crippen MR) is 99.8 cm³/mol. The van der Waals surface area contributed by atoms with Gasteiger partial charge in [-0.2, -0.15) is 0 Å². The Morgan fingerprint density at radius 1 is 0.696 bits per heavy atom. The smallest absolute Gasteiger partial charge is 0.0267 e. The first-order valence-electron chi connectivity index (χ1n) is 7.92. The van der Waals surface area contributed by atoms with Crippen molar-refractivity contribution in [3.63, 3.8) is 0 Å². The molecule has 2 atom stereocenters. The molecule has 2 aliphatic carbocycles. The number of rotatable bonds is 2. The molecule has 23 heavy (non-hydrogen) atoms. The zero-order valence-electron chi connectivity index (χ0n) is 13.2. The average Bonchev–Trinajstić information content (AvgIpc) is 3.02. The van der Waals surface area contributed by atoms with Crippen LogP contribution in [0.5, 0.6) is 0 Å². The van der Waals surface area contributed by atoms with Crippen molar-refractivity contribution in [2.75, 3.05) is 0 Å². The summed E-state index contributed by atoms with van der Waals surface area (Å²) in [4.78, 5) is 0. The second kappa shape index (κ2) is 5.26. The molecule has 0 radical (unpaired) electrons. The number of fused-ring (bicyclic) bond motifs is 2. The summed E-state index contributed by atoms with van der Waals surface area (Å²) in [5.74, 6) is 0.331. The minimum atomic E-state index is -0.111. The van der Waals surface area contributed by atoms with Gasteiger partial charge in [0.15, 0.2) is 0 Å². The second-order valence-electron chi connectivity index (χ2n) is 7.00. The lowest BCUT2D eigenvalue weighted by atomic mass is 9.66. The predicted octanol–water partition coefficient (Wildman–Crippen LogP) is 6.77. The Morgan fingerprint density at radius 2 is 1.09 bits per heavy atom. The van der Waals surface area contributed by atoms with Crippen LogP contribution in [0.1, 0.15) is 47.9 Å². The van der Waals surface area contributed by atoms with Crippen LogP contribution in [0.25, 0.3) is 12.2 Å². The summed E-state index contributed by atoms with van der Waals surface area (Å²) in [6.45, 7) is 4.55. The van der Waals surface area contributed by atoms with Crippen LogP contribution in [0, 0.1) is 5.41 Å². The van der Waals surface area contributed by atoms with Gasteiger partial charge in [-0.3, -0.25) is 0 Å². The van der Waals surface area contributed by atoms with Crippen LogP contribution >= 0.6 is 23.2 Å². The first kappa shape index (κ1) is 15.1. The third-order valence-electron chi connectivity index (χ3n) is 5.24. The van der Waals surface area contributed by atoms with Gasteiger partial charge in [0.1, 0.15) is 0 Å². The van der Waals surface area contributed by atoms with Gasteiger partial charge in [0.2, 0.25) is 0 Å². The van der Waals surface area contributed by atoms with Crippen molar-refractivity contribution in [1.82, 2.24) is 0 Å². The summed E-state index contributed by atoms with van der Waals surface area (Å²) in [7, 11) is 0. The Kier molecular flexibility index (Phi) is 3.44. The molecule has 0 fully saturated rings. The Labute approximate surface area is 147 Å². The number of hydrogen-bond donors (Lipinski definition) is 0. The lowest BCUT2D eigenvalue weighted by Gasteiger charge is -2.39. The molecule has 2 heteroatoms. The summed E-state index contributed by atoms with van der Waals surface area (Å²) < 4.78 is 0. The Bertz CT molecular complexity index is 773. The molecule has 0 aliphatic heterocycles. The topological polar surface area (TPSA) is 0 Å². The number of hydrogen-bond acceptors (Lipinski definition) is 0. The molecule has 0 saturated carbocycles. The van der Waals surface area contributed by atoms with Gasteiger partial charge in [-0.05, 0) is 39.8 Å². The van der Waals surface area contributed by atoms with Gasteiger partial charge < -0.3 is 0 Å². The first-order valence-corrected chi connectivity index (χ1v) is 8.68. The molecule has 4 rings (SSSR count). The molecule has 2 aromatic carbocycles. The maximum Gasteiger partial charge on any atom is 0.0267 e. The second-order valence-corrected chi connectivity index (χ2v) is 7.88. The van der Waals surface area contributed by atoms with Gasteiger partial charge in [-0.1, -0.05) is 85.6 Å². The van der Waals surface area contributed by atoms with Gasteiger partial charge in [0.05, 0.1) is 0 Å². The third-order valence-corrected chi connectivity index (χ3v) is 5.90. The highest BCUT2D eigenvalue weighted by Crippen LogP contribution is 2.59. The van der Waals surface area contributed by atoms with E-state index < -0.39 is 0 Å². The van der Waals surface area contributed by atoms with E-state index >= 15 is 0 Å². The van der Waals surface area contributed by atoms with E-state index in [1.807, 2.05) is 0 Å². The minimum absolute atomic E-state index is 0.111. The van der Waals surface area contributed by atoms with Crippen LogP contribution < -0.4 is 0 Å². The van der Waals surface area contributed by atoms with Gasteiger partial charge in [-0.15, -0.1) is 0 Å². The van der Waals surface area contributed by atoms with E-state index in [1.54, 1.807) is 0 Å². The molecule has 2 unspecified atom stereocenters. The van der Waals surface area contributed by atoms with Crippen molar-refractivity contribution in [3.8, 4) is 0 Å². The van der Waals surface area contributed by atoms with Crippen molar-refractivity contribution in [2.45, 2.75) is 25.7 Å². The molecule has 0 nitrogen and oxygen atoms in total. The Balaban J connectivity index is 1.84. The quantitative estimate of drug-likeness (QED) is 0.566. The van der Waals surface area contributed by atoms with E-state index in [9.17, 15) is 0 Å². The molecule has 0 N–H and O–H groups in total. The molecule has 2 aromatic rings. The standard InChI is InChI=1S/C21H18Cl2/c1-21(2,19-15-9-5-3-7-13(15)11-17(19)22)20-16-10-6-4-8-14(16)12-18(20)23/h3-12,19-20H,1-2H3. The monoisotopic (exact) mass is 340 g/mol. The Hall–Kier alpha value is -1.50. The van der Waals surface area contributed by atoms with E-state index in [2.05, 4.69) is 74.5 Å². The largest absolute Gasteiger partial charge is 0.0884 e. The van der Waals surface area contributed by atoms with E-state index in [-0.39, 0.29) is 17.3 Å². The maximum atomic E-state index is 6.68. The van der Waals surface area contributed by atoms with Crippen LogP contribution in [0.3, 0.4) is 0 Å². The lowest BCUT2D eigenvalue weighted by Crippen LogP contribution is -2.29. The third kappa shape index (κ3) is 2.20. The van der Waals surface area contributed by atoms with Crippen LogP contribution in [0.15, 0.2) is 58.6 Å². The minimum Gasteiger partial charge on any atom is -0.0884 e. The van der Waals surface area contributed by atoms with Crippen molar-refractivity contribution in [1.29, 1.82) is 0 Å². The molecular weight excluding hydrogens is 323 g/mol. The average molecular weight is 341 g/mol. The lowest BCUT2D eigenvalue weighted by molar-refractivity contribution is 0.286. The first-order chi connectivity index (χ1) is 11.0. The van der Waals surface area contributed by atoms with Crippen LogP contribution in [0.4, 0.5) is 0 Å². The van der Waals surface area contributed by atoms with Gasteiger partial charge in [-0.25, -0.2) is 0 Å². The van der Waals surface area contributed by atoms with Crippen molar-refractivity contribution >= 4 is 35.4 Å². The highest BCUT2D eigenvalue weighted by molar-refractivity contribution is 6.34. The summed E-state index contributed by atoms with van der Waals surface area (Å²) in [6, 6.07) is 16.9. The van der Waals surface area contributed by atoms with E-state index in [0.29, 0.717) is 0 Å². The van der Waals surface area contributed by atoms with Crippen LogP contribution in [-0.4, -0.2) is 0 Å². The van der Waals surface area contributed by atoms with Gasteiger partial charge >= 0.3 is 0 Å². The summed E-state index contributed by atoms with van der Waals surface area (Å²) in [5.41, 5.74) is 4.94. The molecule has 0 bridgehead atoms. The fourth-order valence-corrected chi connectivity index (χ4v) is 5.28. The fourth-order valence-electron chi connectivity index (χ4n) is 4.25. The van der Waals surface area contributed by atoms with E-state index in [4.69, 9.17) is 23.2 Å². The molecule has 0 spiro atoms. The molecule has 2 aliphatic rings. The zero-order valence-corrected chi connectivity index (χ0v) is 14.7. The van der Waals surface area contributed by atoms with Crippen LogP contribution in [0.2, 0.25) is 0 Å². The number of allylic oxidation sites excluding steroid dienone is 2. The SMILES string of the molecule is CC(C)(C1C(Cl)=Cc2ccccc21)C1C(Cl)=Cc2ccccc21. The molecule has 0 saturated heterocycles. The molecule has 0 aromatic heterocycles. The Morgan fingerprint density at radius 3 is 1.52 bits per heavy atom. The number of halogens is 2. The van der Waals surface area contributed by atoms with Gasteiger partial charge in [0, 0.05) is 21.9 Å². The number of benzene rings is 2. The van der Waals surface area contributed by atoms with Gasteiger partial charge in [0.25, 0.3) is 0 Å². The molecule has 0 heterocycles. The highest BCUT2D eigenvalue weighted by atomic mass is 35.5. The normalized spacial score (nSPS) is 22.4. The van der Waals surface area contributed by atoms with Crippen molar-refractivity contribution < 1.29 is 0 Å². The maximum absolute atomic E-state index is 6.68. The van der Waals surface area contributed by atoms with Crippen molar-refractivity contribution in [2.24, 2.45) is 5.41 Å². The molecule has 116 valence electrons. The van der Waals surface area contributed by atoms with Crippen LogP contribution in [-0.2, 0) is 0 Å². The van der Waals surface area contributed by atoms with E-state index in [0.717, 1.165) is 10.1 Å². The fraction of sp³-hybridized carbons (Fsp3) is 0.238. The summed E-state index contributed by atoms with van der Waals surface area (Å²) >= 11 is 13.4. The highest BCUT2D eigenvalue weighted by Gasteiger charge is 2.46. The molecule has 0 amide bonds. The summed E-state index contributed by atoms with van der Waals surface area (Å²) in [5, 5.41) is 1.81. The van der Waals surface area contributed by atoms with E-state index in [1.165, 1.54) is 22.3 Å². The van der Waals surface area contributed by atoms with Crippen molar-refractivity contribution in [3.05, 3.63) is 80.8 Å². The summed E-state index contributed by atoms with van der Waals surface area (Å²) in [6.07, 6.45) is 4.20. The zero-order chi connectivity index (χ0) is 16.2.